The van der Waals surface area contributed by atoms with E-state index in [1.807, 2.05) is 12.3 Å². The van der Waals surface area contributed by atoms with Crippen molar-refractivity contribution in [2.24, 2.45) is 17.6 Å². The zero-order valence-corrected chi connectivity index (χ0v) is 10.7. The first-order chi connectivity index (χ1) is 8.28. The number of nitrogens with two attached hydrogens (primary N) is 1. The second kappa shape index (κ2) is 4.46. The van der Waals surface area contributed by atoms with Crippen molar-refractivity contribution in [2.45, 2.75) is 25.8 Å². The van der Waals surface area contributed by atoms with Gasteiger partial charge >= 0.3 is 0 Å². The van der Waals surface area contributed by atoms with E-state index in [0.717, 1.165) is 41.3 Å². The van der Waals surface area contributed by atoms with E-state index in [-0.39, 0.29) is 0 Å². The fraction of sp³-hybridized carbons (Fsp3) is 0.615. The van der Waals surface area contributed by atoms with E-state index in [1.165, 1.54) is 19.3 Å². The Morgan fingerprint density at radius 2 is 2.06 bits per heavy atom. The van der Waals surface area contributed by atoms with Crippen LogP contribution in [-0.2, 0) is 6.54 Å². The summed E-state index contributed by atoms with van der Waals surface area (Å²) in [7, 11) is 0. The van der Waals surface area contributed by atoms with Crippen LogP contribution in [0.5, 0.6) is 0 Å². The van der Waals surface area contributed by atoms with Crippen molar-refractivity contribution in [3.63, 3.8) is 0 Å². The first-order valence-electron chi connectivity index (χ1n) is 6.37. The van der Waals surface area contributed by atoms with Crippen LogP contribution in [0.25, 0.3) is 0 Å². The van der Waals surface area contributed by atoms with Gasteiger partial charge in [0.2, 0.25) is 0 Å². The number of hydrogen-bond donors (Lipinski definition) is 1. The highest BCUT2D eigenvalue weighted by atomic mass is 35.5. The summed E-state index contributed by atoms with van der Waals surface area (Å²) in [6, 6.07) is 1.94. The van der Waals surface area contributed by atoms with E-state index < -0.39 is 0 Å². The van der Waals surface area contributed by atoms with Gasteiger partial charge in [-0.25, -0.2) is 4.98 Å². The highest BCUT2D eigenvalue weighted by Gasteiger charge is 2.37. The average molecular weight is 252 g/mol. The minimum absolute atomic E-state index is 0.498. The molecule has 4 heteroatoms. The molecule has 0 aromatic carbocycles. The minimum atomic E-state index is 0.498. The zero-order chi connectivity index (χ0) is 11.8. The first kappa shape index (κ1) is 11.3. The molecule has 2 heterocycles. The molecule has 0 amide bonds. The smallest absolute Gasteiger partial charge is 0.147 e. The first-order valence-corrected chi connectivity index (χ1v) is 6.75. The lowest BCUT2D eigenvalue weighted by Gasteiger charge is -2.19. The Morgan fingerprint density at radius 3 is 2.65 bits per heavy atom. The monoisotopic (exact) mass is 251 g/mol. The Bertz CT molecular complexity index is 409. The summed E-state index contributed by atoms with van der Waals surface area (Å²) in [5.74, 6) is 2.67. The van der Waals surface area contributed by atoms with Crippen LogP contribution < -0.4 is 10.6 Å². The SMILES string of the molecule is NCc1cnc(N2CC3CCCC3C2)c(Cl)c1. The summed E-state index contributed by atoms with van der Waals surface area (Å²) < 4.78 is 0. The Hall–Kier alpha value is -0.800. The van der Waals surface area contributed by atoms with E-state index in [0.29, 0.717) is 6.54 Å². The molecule has 1 aliphatic carbocycles. The van der Waals surface area contributed by atoms with Gasteiger partial charge in [0.15, 0.2) is 0 Å². The van der Waals surface area contributed by atoms with Gasteiger partial charge in [-0.2, -0.15) is 0 Å². The van der Waals surface area contributed by atoms with Crippen LogP contribution in [0.1, 0.15) is 24.8 Å². The van der Waals surface area contributed by atoms with Crippen molar-refractivity contribution >= 4 is 17.4 Å². The molecule has 2 aliphatic rings. The number of fused-ring (bicyclic) bond motifs is 1. The van der Waals surface area contributed by atoms with Crippen molar-refractivity contribution in [1.29, 1.82) is 0 Å². The van der Waals surface area contributed by atoms with Crippen molar-refractivity contribution in [3.8, 4) is 0 Å². The van der Waals surface area contributed by atoms with Gasteiger partial charge in [0, 0.05) is 25.8 Å². The number of anilines is 1. The van der Waals surface area contributed by atoms with E-state index in [4.69, 9.17) is 17.3 Å². The van der Waals surface area contributed by atoms with E-state index in [2.05, 4.69) is 9.88 Å². The molecule has 17 heavy (non-hydrogen) atoms. The Balaban J connectivity index is 1.81. The third kappa shape index (κ3) is 2.02. The number of aromatic nitrogens is 1. The summed E-state index contributed by atoms with van der Waals surface area (Å²) in [5.41, 5.74) is 6.58. The van der Waals surface area contributed by atoms with Gasteiger partial charge in [-0.15, -0.1) is 0 Å². The van der Waals surface area contributed by atoms with Gasteiger partial charge in [0.1, 0.15) is 5.82 Å². The highest BCUT2D eigenvalue weighted by Crippen LogP contribution is 2.40. The molecule has 0 radical (unpaired) electrons. The average Bonchev–Trinajstić information content (AvgIpc) is 2.89. The van der Waals surface area contributed by atoms with Crippen LogP contribution in [0.15, 0.2) is 12.3 Å². The summed E-state index contributed by atoms with van der Waals surface area (Å²) in [6.45, 7) is 2.75. The minimum Gasteiger partial charge on any atom is -0.355 e. The second-order valence-corrected chi connectivity index (χ2v) is 5.62. The lowest BCUT2D eigenvalue weighted by atomic mass is 10.0. The molecule has 92 valence electrons. The fourth-order valence-corrected chi connectivity index (χ4v) is 3.53. The van der Waals surface area contributed by atoms with Crippen molar-refractivity contribution < 1.29 is 0 Å². The summed E-state index contributed by atoms with van der Waals surface area (Å²) in [5, 5.41) is 0.743. The number of rotatable bonds is 2. The third-order valence-corrected chi connectivity index (χ3v) is 4.42. The molecule has 2 atom stereocenters. The van der Waals surface area contributed by atoms with Gasteiger partial charge in [-0.1, -0.05) is 18.0 Å². The number of nitrogens with zero attached hydrogens (tertiary/aromatic N) is 2. The van der Waals surface area contributed by atoms with E-state index >= 15 is 0 Å². The molecule has 3 rings (SSSR count). The van der Waals surface area contributed by atoms with Crippen molar-refractivity contribution in [2.75, 3.05) is 18.0 Å². The van der Waals surface area contributed by atoms with Crippen LogP contribution in [0, 0.1) is 11.8 Å². The second-order valence-electron chi connectivity index (χ2n) is 5.21. The summed E-state index contributed by atoms with van der Waals surface area (Å²) in [6.07, 6.45) is 5.99. The maximum Gasteiger partial charge on any atom is 0.147 e. The van der Waals surface area contributed by atoms with Crippen LogP contribution >= 0.6 is 11.6 Å². The number of pyridine rings is 1. The molecule has 2 fully saturated rings. The van der Waals surface area contributed by atoms with Crippen molar-refractivity contribution in [1.82, 2.24) is 4.98 Å². The van der Waals surface area contributed by atoms with Gasteiger partial charge in [0.05, 0.1) is 5.02 Å². The van der Waals surface area contributed by atoms with Gasteiger partial charge in [-0.3, -0.25) is 0 Å². The fourth-order valence-electron chi connectivity index (χ4n) is 3.22. The molecule has 0 bridgehead atoms. The Kier molecular flexibility index (Phi) is 2.97. The lowest BCUT2D eigenvalue weighted by molar-refractivity contribution is 0.494. The predicted molar refractivity (Wildman–Crippen MR) is 70.2 cm³/mol. The number of hydrogen-bond acceptors (Lipinski definition) is 3. The van der Waals surface area contributed by atoms with E-state index in [1.54, 1.807) is 0 Å². The molecular weight excluding hydrogens is 234 g/mol. The largest absolute Gasteiger partial charge is 0.355 e. The Labute approximate surface area is 107 Å². The predicted octanol–water partition coefficient (Wildman–Crippen LogP) is 2.43. The highest BCUT2D eigenvalue weighted by molar-refractivity contribution is 6.33. The molecule has 1 aromatic heterocycles. The molecule has 1 aliphatic heterocycles. The maximum absolute atomic E-state index is 6.29. The van der Waals surface area contributed by atoms with Crippen LogP contribution in [0.3, 0.4) is 0 Å². The van der Waals surface area contributed by atoms with Gasteiger partial charge in [0.25, 0.3) is 0 Å². The molecule has 0 spiro atoms. The van der Waals surface area contributed by atoms with Crippen LogP contribution in [-0.4, -0.2) is 18.1 Å². The molecule has 1 saturated heterocycles. The van der Waals surface area contributed by atoms with Crippen LogP contribution in [0.4, 0.5) is 5.82 Å². The Morgan fingerprint density at radius 1 is 1.35 bits per heavy atom. The lowest BCUT2D eigenvalue weighted by Crippen LogP contribution is -2.22. The zero-order valence-electron chi connectivity index (χ0n) is 9.90. The molecule has 1 saturated carbocycles. The number of halogens is 1. The molecule has 3 nitrogen and oxygen atoms in total. The molecule has 2 N–H and O–H groups in total. The topological polar surface area (TPSA) is 42.1 Å². The standard InChI is InChI=1S/C13H18ClN3/c14-12-4-9(5-15)6-16-13(12)17-7-10-2-1-3-11(10)8-17/h4,6,10-11H,1-3,5,7-8,15H2. The van der Waals surface area contributed by atoms with Gasteiger partial charge in [-0.05, 0) is 36.3 Å². The molecule has 1 aromatic rings. The van der Waals surface area contributed by atoms with Crippen LogP contribution in [0.2, 0.25) is 5.02 Å². The molecular formula is C13H18ClN3. The van der Waals surface area contributed by atoms with E-state index in [9.17, 15) is 0 Å². The summed E-state index contributed by atoms with van der Waals surface area (Å²) in [4.78, 5) is 6.82. The third-order valence-electron chi connectivity index (χ3n) is 4.14. The molecule has 2 unspecified atom stereocenters. The van der Waals surface area contributed by atoms with Gasteiger partial charge < -0.3 is 10.6 Å². The maximum atomic E-state index is 6.29. The summed E-state index contributed by atoms with van der Waals surface area (Å²) >= 11 is 6.29. The van der Waals surface area contributed by atoms with Crippen molar-refractivity contribution in [3.05, 3.63) is 22.8 Å². The quantitative estimate of drug-likeness (QED) is 0.878. The normalized spacial score (nSPS) is 27.5.